The van der Waals surface area contributed by atoms with Gasteiger partial charge in [0.15, 0.2) is 0 Å². The number of rotatable bonds is 4. The van der Waals surface area contributed by atoms with E-state index in [1.54, 1.807) is 12.1 Å². The van der Waals surface area contributed by atoms with Crippen molar-refractivity contribution in [1.29, 1.82) is 0 Å². The summed E-state index contributed by atoms with van der Waals surface area (Å²) in [5, 5.41) is 4.65. The van der Waals surface area contributed by atoms with E-state index in [2.05, 4.69) is 19.2 Å². The Balaban J connectivity index is 2.14. The minimum atomic E-state index is -1.01. The Labute approximate surface area is 127 Å². The maximum Gasteiger partial charge on any atom is 0.0604 e. The van der Waals surface area contributed by atoms with Crippen molar-refractivity contribution >= 4 is 34.0 Å². The molecule has 106 valence electrons. The third-order valence-corrected chi connectivity index (χ3v) is 6.52. The lowest BCUT2D eigenvalue weighted by molar-refractivity contribution is 0.438. The van der Waals surface area contributed by atoms with Gasteiger partial charge in [-0.05, 0) is 43.5 Å². The van der Waals surface area contributed by atoms with E-state index >= 15 is 0 Å². The predicted octanol–water partition coefficient (Wildman–Crippen LogP) is 3.88. The van der Waals surface area contributed by atoms with E-state index in [1.807, 2.05) is 6.07 Å². The van der Waals surface area contributed by atoms with Crippen LogP contribution in [0.5, 0.6) is 0 Å². The van der Waals surface area contributed by atoms with Crippen LogP contribution in [-0.4, -0.2) is 22.0 Å². The topological polar surface area (TPSA) is 29.1 Å². The molecule has 2 rings (SSSR count). The van der Waals surface area contributed by atoms with Gasteiger partial charge in [-0.15, -0.1) is 0 Å². The molecule has 0 bridgehead atoms. The van der Waals surface area contributed by atoms with Gasteiger partial charge < -0.3 is 5.32 Å². The van der Waals surface area contributed by atoms with Gasteiger partial charge in [-0.1, -0.05) is 37.0 Å². The Hall–Kier alpha value is -0.0900. The SMILES string of the molecule is CCNC1CCC(S(=O)c2ccc(Cl)c(Cl)c2)C1C. The molecule has 1 fully saturated rings. The summed E-state index contributed by atoms with van der Waals surface area (Å²) in [6, 6.07) is 5.74. The normalized spacial score (nSPS) is 28.5. The van der Waals surface area contributed by atoms with Crippen molar-refractivity contribution in [3.05, 3.63) is 28.2 Å². The molecule has 4 unspecified atom stereocenters. The van der Waals surface area contributed by atoms with E-state index in [0.717, 1.165) is 24.3 Å². The van der Waals surface area contributed by atoms with E-state index in [9.17, 15) is 4.21 Å². The lowest BCUT2D eigenvalue weighted by atomic mass is 10.1. The molecule has 1 aromatic carbocycles. The number of halogens is 2. The minimum Gasteiger partial charge on any atom is -0.314 e. The molecule has 1 aliphatic rings. The van der Waals surface area contributed by atoms with Crippen LogP contribution in [0.15, 0.2) is 23.1 Å². The highest BCUT2D eigenvalue weighted by molar-refractivity contribution is 7.85. The first-order chi connectivity index (χ1) is 9.04. The highest BCUT2D eigenvalue weighted by atomic mass is 35.5. The van der Waals surface area contributed by atoms with Crippen molar-refractivity contribution in [2.24, 2.45) is 5.92 Å². The van der Waals surface area contributed by atoms with E-state index in [-0.39, 0.29) is 5.25 Å². The molecule has 0 aliphatic heterocycles. The van der Waals surface area contributed by atoms with Gasteiger partial charge in [-0.25, -0.2) is 0 Å². The van der Waals surface area contributed by atoms with Gasteiger partial charge in [0.05, 0.1) is 20.8 Å². The van der Waals surface area contributed by atoms with Gasteiger partial charge in [0.2, 0.25) is 0 Å². The molecule has 0 spiro atoms. The Morgan fingerprint density at radius 3 is 2.68 bits per heavy atom. The maximum atomic E-state index is 12.7. The van der Waals surface area contributed by atoms with Gasteiger partial charge in [0.1, 0.15) is 0 Å². The fraction of sp³-hybridized carbons (Fsp3) is 0.571. The monoisotopic (exact) mass is 319 g/mol. The fourth-order valence-corrected chi connectivity index (χ4v) is 4.84. The zero-order valence-electron chi connectivity index (χ0n) is 11.2. The van der Waals surface area contributed by atoms with E-state index in [4.69, 9.17) is 23.2 Å². The average molecular weight is 320 g/mol. The van der Waals surface area contributed by atoms with Gasteiger partial charge in [0, 0.05) is 16.2 Å². The van der Waals surface area contributed by atoms with Gasteiger partial charge >= 0.3 is 0 Å². The van der Waals surface area contributed by atoms with Crippen LogP contribution in [-0.2, 0) is 10.8 Å². The largest absolute Gasteiger partial charge is 0.314 e. The van der Waals surface area contributed by atoms with Crippen molar-refractivity contribution in [2.75, 3.05) is 6.54 Å². The molecule has 1 saturated carbocycles. The zero-order chi connectivity index (χ0) is 14.0. The van der Waals surface area contributed by atoms with Crippen molar-refractivity contribution < 1.29 is 4.21 Å². The number of hydrogen-bond donors (Lipinski definition) is 1. The second-order valence-electron chi connectivity index (χ2n) is 5.01. The Kier molecular flexibility index (Phi) is 5.29. The van der Waals surface area contributed by atoms with Crippen LogP contribution in [0, 0.1) is 5.92 Å². The fourth-order valence-electron chi connectivity index (χ4n) is 2.76. The summed E-state index contributed by atoms with van der Waals surface area (Å²) in [4.78, 5) is 0.781. The van der Waals surface area contributed by atoms with Crippen molar-refractivity contribution in [2.45, 2.75) is 42.9 Å². The lowest BCUT2D eigenvalue weighted by Gasteiger charge is -2.21. The quantitative estimate of drug-likeness (QED) is 0.912. The van der Waals surface area contributed by atoms with Crippen LogP contribution in [0.2, 0.25) is 10.0 Å². The molecule has 0 amide bonds. The third kappa shape index (κ3) is 3.33. The van der Waals surface area contributed by atoms with Gasteiger partial charge in [0.25, 0.3) is 0 Å². The highest BCUT2D eigenvalue weighted by Crippen LogP contribution is 2.34. The van der Waals surface area contributed by atoms with Crippen LogP contribution >= 0.6 is 23.2 Å². The van der Waals surface area contributed by atoms with Crippen molar-refractivity contribution in [3.63, 3.8) is 0 Å². The van der Waals surface area contributed by atoms with Gasteiger partial charge in [-0.3, -0.25) is 4.21 Å². The summed E-state index contributed by atoms with van der Waals surface area (Å²) in [5.74, 6) is 0.412. The molecule has 0 aromatic heterocycles. The van der Waals surface area contributed by atoms with Crippen LogP contribution in [0.4, 0.5) is 0 Å². The molecule has 1 aromatic rings. The van der Waals surface area contributed by atoms with Crippen LogP contribution in [0.3, 0.4) is 0 Å². The molecule has 0 radical (unpaired) electrons. The second-order valence-corrected chi connectivity index (χ2v) is 7.50. The molecule has 1 aliphatic carbocycles. The van der Waals surface area contributed by atoms with E-state index < -0.39 is 10.8 Å². The van der Waals surface area contributed by atoms with Crippen molar-refractivity contribution in [1.82, 2.24) is 5.32 Å². The minimum absolute atomic E-state index is 0.196. The van der Waals surface area contributed by atoms with Crippen LogP contribution < -0.4 is 5.32 Å². The Morgan fingerprint density at radius 1 is 1.32 bits per heavy atom. The molecule has 0 heterocycles. The number of nitrogens with one attached hydrogen (secondary N) is 1. The first-order valence-electron chi connectivity index (χ1n) is 6.63. The summed E-state index contributed by atoms with van der Waals surface area (Å²) < 4.78 is 12.7. The second kappa shape index (κ2) is 6.57. The summed E-state index contributed by atoms with van der Waals surface area (Å²) in [6.07, 6.45) is 2.08. The molecule has 2 nitrogen and oxygen atoms in total. The molecule has 4 atom stereocenters. The summed E-state index contributed by atoms with van der Waals surface area (Å²) >= 11 is 11.9. The predicted molar refractivity (Wildman–Crippen MR) is 82.5 cm³/mol. The van der Waals surface area contributed by atoms with Gasteiger partial charge in [-0.2, -0.15) is 0 Å². The van der Waals surface area contributed by atoms with E-state index in [0.29, 0.717) is 22.0 Å². The number of benzene rings is 1. The standard InChI is InChI=1S/C14H19Cl2NOS/c1-3-17-13-6-7-14(9(13)2)19(18)10-4-5-11(15)12(16)8-10/h4-5,8-9,13-14,17H,3,6-7H2,1-2H3. The summed E-state index contributed by atoms with van der Waals surface area (Å²) in [6.45, 7) is 5.25. The van der Waals surface area contributed by atoms with Crippen molar-refractivity contribution in [3.8, 4) is 0 Å². The molecule has 0 saturated heterocycles. The highest BCUT2D eigenvalue weighted by Gasteiger charge is 2.36. The molecule has 5 heteroatoms. The summed E-state index contributed by atoms with van der Waals surface area (Å²) in [5.41, 5.74) is 0. The van der Waals surface area contributed by atoms with Crippen LogP contribution in [0.1, 0.15) is 26.7 Å². The molecular weight excluding hydrogens is 301 g/mol. The Bertz CT molecular complexity index is 481. The first kappa shape index (κ1) is 15.3. The zero-order valence-corrected chi connectivity index (χ0v) is 13.5. The number of hydrogen-bond acceptors (Lipinski definition) is 2. The maximum absolute atomic E-state index is 12.7. The molecular formula is C14H19Cl2NOS. The van der Waals surface area contributed by atoms with Crippen LogP contribution in [0.25, 0.3) is 0 Å². The first-order valence-corrected chi connectivity index (χ1v) is 8.60. The lowest BCUT2D eigenvalue weighted by Crippen LogP contribution is -2.34. The smallest absolute Gasteiger partial charge is 0.0604 e. The van der Waals surface area contributed by atoms with E-state index in [1.165, 1.54) is 0 Å². The molecule has 19 heavy (non-hydrogen) atoms. The summed E-state index contributed by atoms with van der Waals surface area (Å²) in [7, 11) is -1.01. The Morgan fingerprint density at radius 2 is 2.05 bits per heavy atom. The molecule has 1 N–H and O–H groups in total. The average Bonchev–Trinajstić information content (AvgIpc) is 2.74. The third-order valence-electron chi connectivity index (χ3n) is 3.85.